The largest absolute Gasteiger partial charge is 0.377 e. The lowest BCUT2D eigenvalue weighted by Gasteiger charge is -2.31. The highest BCUT2D eigenvalue weighted by Crippen LogP contribution is 2.35. The van der Waals surface area contributed by atoms with E-state index in [0.29, 0.717) is 12.8 Å². The Morgan fingerprint density at radius 2 is 1.78 bits per heavy atom. The first-order valence-electron chi connectivity index (χ1n) is 6.45. The molecule has 0 heterocycles. The summed E-state index contributed by atoms with van der Waals surface area (Å²) < 4.78 is 0. The summed E-state index contributed by atoms with van der Waals surface area (Å²) in [7, 11) is 0. The Bertz CT molecular complexity index is 603. The van der Waals surface area contributed by atoms with Crippen LogP contribution in [-0.2, 0) is 10.4 Å². The van der Waals surface area contributed by atoms with Crippen LogP contribution in [0.3, 0.4) is 0 Å². The van der Waals surface area contributed by atoms with Crippen molar-refractivity contribution in [2.75, 3.05) is 0 Å². The van der Waals surface area contributed by atoms with E-state index >= 15 is 0 Å². The molecule has 92 valence electrons. The van der Waals surface area contributed by atoms with Gasteiger partial charge in [0.15, 0.2) is 5.78 Å². The van der Waals surface area contributed by atoms with Gasteiger partial charge >= 0.3 is 0 Å². The van der Waals surface area contributed by atoms with E-state index in [1.165, 1.54) is 0 Å². The third-order valence-electron chi connectivity index (χ3n) is 3.88. The van der Waals surface area contributed by atoms with Crippen LogP contribution in [0.2, 0.25) is 0 Å². The molecule has 0 aromatic heterocycles. The molecule has 18 heavy (non-hydrogen) atoms. The van der Waals surface area contributed by atoms with Crippen molar-refractivity contribution in [1.82, 2.24) is 0 Å². The number of carbonyl (C=O) groups excluding carboxylic acids is 1. The molecule has 0 amide bonds. The normalized spacial score (nSPS) is 24.4. The van der Waals surface area contributed by atoms with Crippen LogP contribution in [0.1, 0.15) is 31.2 Å². The minimum Gasteiger partial charge on any atom is -0.377 e. The molecular formula is C16H16O2. The quantitative estimate of drug-likeness (QED) is 0.831. The van der Waals surface area contributed by atoms with E-state index in [-0.39, 0.29) is 5.78 Å². The molecule has 0 radical (unpaired) electrons. The summed E-state index contributed by atoms with van der Waals surface area (Å²) in [5.74, 6) is -0.0379. The Morgan fingerprint density at radius 3 is 2.56 bits per heavy atom. The second kappa shape index (κ2) is 4.21. The number of carbonyl (C=O) groups is 1. The van der Waals surface area contributed by atoms with Gasteiger partial charge in [0.25, 0.3) is 0 Å². The Balaban J connectivity index is 2.10. The topological polar surface area (TPSA) is 37.3 Å². The zero-order valence-electron chi connectivity index (χ0n) is 10.2. The van der Waals surface area contributed by atoms with E-state index in [4.69, 9.17) is 0 Å². The fraction of sp³-hybridized carbons (Fsp3) is 0.312. The molecular weight excluding hydrogens is 224 g/mol. The number of Topliss-reactive ketones (excluding diaryl/α,β-unsaturated/α-hetero) is 1. The molecule has 2 aromatic carbocycles. The summed E-state index contributed by atoms with van der Waals surface area (Å²) in [5.41, 5.74) is -0.520. The number of hydrogen-bond donors (Lipinski definition) is 1. The maximum Gasteiger partial charge on any atom is 0.168 e. The molecule has 3 rings (SSSR count). The SMILES string of the molecule is O=C1CCCCC1(O)c1ccc2ccccc2c1. The molecule has 0 bridgehead atoms. The minimum absolute atomic E-state index is 0.0379. The molecule has 2 nitrogen and oxygen atoms in total. The fourth-order valence-corrected chi connectivity index (χ4v) is 2.76. The van der Waals surface area contributed by atoms with E-state index in [1.54, 1.807) is 0 Å². The minimum atomic E-state index is -1.26. The number of ketones is 1. The summed E-state index contributed by atoms with van der Waals surface area (Å²) in [6, 6.07) is 13.8. The van der Waals surface area contributed by atoms with Crippen molar-refractivity contribution in [2.45, 2.75) is 31.3 Å². The lowest BCUT2D eigenvalue weighted by Crippen LogP contribution is -2.38. The molecule has 2 aromatic rings. The Kier molecular flexibility index (Phi) is 2.67. The predicted molar refractivity (Wildman–Crippen MR) is 71.3 cm³/mol. The van der Waals surface area contributed by atoms with Crippen LogP contribution in [0.15, 0.2) is 42.5 Å². The number of aliphatic hydroxyl groups is 1. The molecule has 1 unspecified atom stereocenters. The first-order valence-corrected chi connectivity index (χ1v) is 6.45. The molecule has 0 saturated heterocycles. The van der Waals surface area contributed by atoms with Crippen LogP contribution in [0.25, 0.3) is 10.8 Å². The summed E-state index contributed by atoms with van der Waals surface area (Å²) >= 11 is 0. The highest BCUT2D eigenvalue weighted by molar-refractivity contribution is 5.91. The molecule has 1 saturated carbocycles. The second-order valence-corrected chi connectivity index (χ2v) is 5.05. The third kappa shape index (κ3) is 1.73. The van der Waals surface area contributed by atoms with Crippen molar-refractivity contribution in [3.8, 4) is 0 Å². The van der Waals surface area contributed by atoms with Gasteiger partial charge in [0, 0.05) is 6.42 Å². The van der Waals surface area contributed by atoms with Crippen molar-refractivity contribution in [1.29, 1.82) is 0 Å². The lowest BCUT2D eigenvalue weighted by molar-refractivity contribution is -0.142. The molecule has 1 N–H and O–H groups in total. The van der Waals surface area contributed by atoms with E-state index in [2.05, 4.69) is 0 Å². The van der Waals surface area contributed by atoms with Gasteiger partial charge in [-0.3, -0.25) is 4.79 Å². The van der Waals surface area contributed by atoms with Crippen LogP contribution in [-0.4, -0.2) is 10.9 Å². The highest BCUT2D eigenvalue weighted by atomic mass is 16.3. The van der Waals surface area contributed by atoms with Gasteiger partial charge in [-0.15, -0.1) is 0 Å². The lowest BCUT2D eigenvalue weighted by atomic mass is 9.78. The van der Waals surface area contributed by atoms with Gasteiger partial charge in [0.1, 0.15) is 5.60 Å². The van der Waals surface area contributed by atoms with Crippen LogP contribution >= 0.6 is 0 Å². The van der Waals surface area contributed by atoms with E-state index in [9.17, 15) is 9.90 Å². The van der Waals surface area contributed by atoms with Gasteiger partial charge in [0.2, 0.25) is 0 Å². The van der Waals surface area contributed by atoms with Gasteiger partial charge < -0.3 is 5.11 Å². The molecule has 0 aliphatic heterocycles. The average Bonchev–Trinajstić information content (AvgIpc) is 2.42. The highest BCUT2D eigenvalue weighted by Gasteiger charge is 2.39. The fourth-order valence-electron chi connectivity index (χ4n) is 2.76. The van der Waals surface area contributed by atoms with Crippen LogP contribution < -0.4 is 0 Å². The van der Waals surface area contributed by atoms with E-state index < -0.39 is 5.60 Å². The van der Waals surface area contributed by atoms with Crippen LogP contribution in [0.4, 0.5) is 0 Å². The monoisotopic (exact) mass is 240 g/mol. The van der Waals surface area contributed by atoms with Crippen molar-refractivity contribution in [2.24, 2.45) is 0 Å². The van der Waals surface area contributed by atoms with Crippen molar-refractivity contribution < 1.29 is 9.90 Å². The first-order chi connectivity index (χ1) is 8.70. The maximum atomic E-state index is 12.0. The molecule has 1 fully saturated rings. The number of hydrogen-bond acceptors (Lipinski definition) is 2. The third-order valence-corrected chi connectivity index (χ3v) is 3.88. The Labute approximate surface area is 106 Å². The Hall–Kier alpha value is -1.67. The first kappa shape index (κ1) is 11.4. The Morgan fingerprint density at radius 1 is 1.00 bits per heavy atom. The van der Waals surface area contributed by atoms with E-state index in [0.717, 1.165) is 29.2 Å². The summed E-state index contributed by atoms with van der Waals surface area (Å²) in [4.78, 5) is 12.0. The molecule has 0 spiro atoms. The smallest absolute Gasteiger partial charge is 0.168 e. The van der Waals surface area contributed by atoms with Gasteiger partial charge in [-0.25, -0.2) is 0 Å². The summed E-state index contributed by atoms with van der Waals surface area (Å²) in [6.07, 6.45) is 2.84. The van der Waals surface area contributed by atoms with Crippen molar-refractivity contribution in [3.63, 3.8) is 0 Å². The second-order valence-electron chi connectivity index (χ2n) is 5.05. The van der Waals surface area contributed by atoms with Crippen molar-refractivity contribution >= 4 is 16.6 Å². The van der Waals surface area contributed by atoms with Gasteiger partial charge in [-0.05, 0) is 41.7 Å². The molecule has 1 aliphatic rings. The number of fused-ring (bicyclic) bond motifs is 1. The van der Waals surface area contributed by atoms with Crippen LogP contribution in [0, 0.1) is 0 Å². The summed E-state index contributed by atoms with van der Waals surface area (Å²) in [6.45, 7) is 0. The van der Waals surface area contributed by atoms with E-state index in [1.807, 2.05) is 42.5 Å². The molecule has 2 heteroatoms. The van der Waals surface area contributed by atoms with Gasteiger partial charge in [-0.2, -0.15) is 0 Å². The number of benzene rings is 2. The maximum absolute atomic E-state index is 12.0. The van der Waals surface area contributed by atoms with Gasteiger partial charge in [0.05, 0.1) is 0 Å². The zero-order valence-corrected chi connectivity index (χ0v) is 10.2. The zero-order chi connectivity index (χ0) is 12.6. The predicted octanol–water partition coefficient (Wildman–Crippen LogP) is 3.17. The summed E-state index contributed by atoms with van der Waals surface area (Å²) in [5, 5.41) is 12.8. The van der Waals surface area contributed by atoms with Gasteiger partial charge in [-0.1, -0.05) is 36.4 Å². The van der Waals surface area contributed by atoms with Crippen molar-refractivity contribution in [3.05, 3.63) is 48.0 Å². The number of rotatable bonds is 1. The van der Waals surface area contributed by atoms with Crippen LogP contribution in [0.5, 0.6) is 0 Å². The molecule has 1 atom stereocenters. The standard InChI is InChI=1S/C16H16O2/c17-15-7-3-4-10-16(15,18)14-9-8-12-5-1-2-6-13(12)11-14/h1-2,5-6,8-9,11,18H,3-4,7,10H2. The molecule has 1 aliphatic carbocycles. The average molecular weight is 240 g/mol.